The van der Waals surface area contributed by atoms with E-state index in [2.05, 4.69) is 24.9 Å². The van der Waals surface area contributed by atoms with E-state index >= 15 is 0 Å². The third-order valence-corrected chi connectivity index (χ3v) is 5.68. The highest BCUT2D eigenvalue weighted by molar-refractivity contribution is 7.09. The average Bonchev–Trinajstić information content (AvgIpc) is 3.18. The maximum absolute atomic E-state index is 14.1. The van der Waals surface area contributed by atoms with Gasteiger partial charge in [0.15, 0.2) is 0 Å². The van der Waals surface area contributed by atoms with Gasteiger partial charge in [-0.05, 0) is 43.5 Å². The van der Waals surface area contributed by atoms with Crippen LogP contribution >= 0.6 is 11.3 Å². The minimum atomic E-state index is -0.510. The van der Waals surface area contributed by atoms with E-state index in [1.807, 2.05) is 37.4 Å². The lowest BCUT2D eigenvalue weighted by atomic mass is 10.0. The van der Waals surface area contributed by atoms with Crippen LogP contribution in [0.25, 0.3) is 0 Å². The Bertz CT molecular complexity index is 1000. The second kappa shape index (κ2) is 9.85. The number of hydrogen-bond donors (Lipinski definition) is 0. The van der Waals surface area contributed by atoms with Crippen LogP contribution in [0.1, 0.15) is 60.2 Å². The molecule has 0 aliphatic carbocycles. The third-order valence-electron chi connectivity index (χ3n) is 4.81. The van der Waals surface area contributed by atoms with Gasteiger partial charge >= 0.3 is 0 Å². The van der Waals surface area contributed by atoms with Gasteiger partial charge in [-0.2, -0.15) is 0 Å². The van der Waals surface area contributed by atoms with Crippen molar-refractivity contribution in [3.63, 3.8) is 0 Å². The number of benzene rings is 2. The van der Waals surface area contributed by atoms with Crippen LogP contribution in [0.2, 0.25) is 0 Å². The molecule has 4 nitrogen and oxygen atoms in total. The van der Waals surface area contributed by atoms with Gasteiger partial charge in [-0.1, -0.05) is 44.2 Å². The Morgan fingerprint density at radius 1 is 1.10 bits per heavy atom. The smallest absolute Gasteiger partial charge is 0.257 e. The summed E-state index contributed by atoms with van der Waals surface area (Å²) in [5.41, 5.74) is 2.01. The topological polar surface area (TPSA) is 42.4 Å². The molecule has 0 saturated carbocycles. The van der Waals surface area contributed by atoms with Crippen molar-refractivity contribution >= 4 is 17.2 Å². The second-order valence-corrected chi connectivity index (χ2v) is 8.66. The third kappa shape index (κ3) is 5.25. The van der Waals surface area contributed by atoms with Crippen molar-refractivity contribution in [3.05, 3.63) is 81.6 Å². The van der Waals surface area contributed by atoms with E-state index in [-0.39, 0.29) is 17.5 Å². The molecule has 0 radical (unpaired) electrons. The molecule has 6 heteroatoms. The molecule has 0 N–H and O–H groups in total. The number of halogens is 1. The number of para-hydroxylation sites is 1. The van der Waals surface area contributed by atoms with Crippen molar-refractivity contribution < 1.29 is 13.9 Å². The molecule has 0 bridgehead atoms. The number of carbonyl (C=O) groups excluding carboxylic acids is 1. The van der Waals surface area contributed by atoms with E-state index in [1.54, 1.807) is 17.0 Å². The van der Waals surface area contributed by atoms with Crippen LogP contribution in [0.4, 0.5) is 4.39 Å². The molecule has 3 rings (SSSR count). The minimum Gasteiger partial charge on any atom is -0.486 e. The highest BCUT2D eigenvalue weighted by Crippen LogP contribution is 2.27. The number of carbonyl (C=O) groups is 1. The van der Waals surface area contributed by atoms with Crippen LogP contribution in [0.3, 0.4) is 0 Å². The van der Waals surface area contributed by atoms with Crippen molar-refractivity contribution in [3.8, 4) is 5.75 Å². The Labute approximate surface area is 181 Å². The number of nitrogens with zero attached hydrogens (tertiary/aromatic N) is 2. The van der Waals surface area contributed by atoms with E-state index in [9.17, 15) is 9.18 Å². The van der Waals surface area contributed by atoms with Crippen molar-refractivity contribution in [2.24, 2.45) is 0 Å². The van der Waals surface area contributed by atoms with Crippen LogP contribution in [0.5, 0.6) is 5.75 Å². The largest absolute Gasteiger partial charge is 0.486 e. The summed E-state index contributed by atoms with van der Waals surface area (Å²) in [4.78, 5) is 19.1. The first-order chi connectivity index (χ1) is 14.4. The predicted octanol–water partition coefficient (Wildman–Crippen LogP) is 6.04. The first-order valence-corrected chi connectivity index (χ1v) is 10.9. The molecular weight excluding hydrogens is 399 g/mol. The fourth-order valence-corrected chi connectivity index (χ4v) is 3.87. The lowest BCUT2D eigenvalue weighted by molar-refractivity contribution is 0.0683. The van der Waals surface area contributed by atoms with Gasteiger partial charge in [-0.15, -0.1) is 11.3 Å². The average molecular weight is 427 g/mol. The van der Waals surface area contributed by atoms with E-state index in [0.717, 1.165) is 22.0 Å². The quantitative estimate of drug-likeness (QED) is 0.441. The molecule has 0 saturated heterocycles. The standard InChI is InChI=1S/C24H27FN2O2S/c1-16(2)19-9-6-8-12-22(19)29-14-23-26-18(15-30-23)13-27(17(3)4)24(28)20-10-5-7-11-21(20)25/h5-12,15-17H,13-14H2,1-4H3. The molecule has 2 aromatic carbocycles. The van der Waals surface area contributed by atoms with Crippen LogP contribution in [0, 0.1) is 5.82 Å². The number of aromatic nitrogens is 1. The van der Waals surface area contributed by atoms with Gasteiger partial charge in [0.25, 0.3) is 5.91 Å². The maximum Gasteiger partial charge on any atom is 0.257 e. The highest BCUT2D eigenvalue weighted by Gasteiger charge is 2.22. The van der Waals surface area contributed by atoms with Crippen LogP contribution < -0.4 is 4.74 Å². The molecule has 3 aromatic rings. The fourth-order valence-electron chi connectivity index (χ4n) is 3.17. The van der Waals surface area contributed by atoms with E-state index in [1.165, 1.54) is 23.5 Å². The molecule has 0 unspecified atom stereocenters. The maximum atomic E-state index is 14.1. The minimum absolute atomic E-state index is 0.0790. The molecule has 0 aliphatic rings. The Morgan fingerprint density at radius 3 is 2.50 bits per heavy atom. The van der Waals surface area contributed by atoms with Crippen LogP contribution in [0.15, 0.2) is 53.9 Å². The van der Waals surface area contributed by atoms with Gasteiger partial charge in [0, 0.05) is 11.4 Å². The molecule has 0 atom stereocenters. The summed E-state index contributed by atoms with van der Waals surface area (Å²) in [7, 11) is 0. The predicted molar refractivity (Wildman–Crippen MR) is 118 cm³/mol. The number of rotatable bonds is 8. The summed E-state index contributed by atoms with van der Waals surface area (Å²) in [5, 5.41) is 2.77. The summed E-state index contributed by atoms with van der Waals surface area (Å²) in [5.74, 6) is 0.393. The molecule has 0 fully saturated rings. The van der Waals surface area contributed by atoms with Crippen molar-refractivity contribution in [1.29, 1.82) is 0 Å². The van der Waals surface area contributed by atoms with Gasteiger partial charge in [-0.25, -0.2) is 9.37 Å². The van der Waals surface area contributed by atoms with Crippen molar-refractivity contribution in [2.75, 3.05) is 0 Å². The molecule has 1 aromatic heterocycles. The lowest BCUT2D eigenvalue weighted by Gasteiger charge is -2.26. The highest BCUT2D eigenvalue weighted by atomic mass is 32.1. The van der Waals surface area contributed by atoms with Gasteiger partial charge in [-0.3, -0.25) is 4.79 Å². The monoisotopic (exact) mass is 426 g/mol. The van der Waals surface area contributed by atoms with Crippen molar-refractivity contribution in [2.45, 2.75) is 52.8 Å². The van der Waals surface area contributed by atoms with Crippen molar-refractivity contribution in [1.82, 2.24) is 9.88 Å². The van der Waals surface area contributed by atoms with Gasteiger partial charge in [0.05, 0.1) is 17.8 Å². The normalized spacial score (nSPS) is 11.2. The summed E-state index contributed by atoms with van der Waals surface area (Å²) in [6.45, 7) is 8.80. The van der Waals surface area contributed by atoms with Gasteiger partial charge in [0.2, 0.25) is 0 Å². The van der Waals surface area contributed by atoms with E-state index < -0.39 is 5.82 Å². The molecule has 0 aliphatic heterocycles. The number of ether oxygens (including phenoxy) is 1. The van der Waals surface area contributed by atoms with Crippen LogP contribution in [-0.2, 0) is 13.2 Å². The molecule has 1 heterocycles. The summed E-state index contributed by atoms with van der Waals surface area (Å²) in [6, 6.07) is 14.0. The number of amides is 1. The van der Waals surface area contributed by atoms with Gasteiger partial charge in [0.1, 0.15) is 23.2 Å². The van der Waals surface area contributed by atoms with Gasteiger partial charge < -0.3 is 9.64 Å². The summed E-state index contributed by atoms with van der Waals surface area (Å²) >= 11 is 1.50. The van der Waals surface area contributed by atoms with E-state index in [0.29, 0.717) is 19.1 Å². The Hall–Kier alpha value is -2.73. The Kier molecular flexibility index (Phi) is 7.21. The lowest BCUT2D eigenvalue weighted by Crippen LogP contribution is -2.37. The van der Waals surface area contributed by atoms with E-state index in [4.69, 9.17) is 4.74 Å². The fraction of sp³-hybridized carbons (Fsp3) is 0.333. The SMILES string of the molecule is CC(C)c1ccccc1OCc1nc(CN(C(=O)c2ccccc2F)C(C)C)cs1. The zero-order valence-corrected chi connectivity index (χ0v) is 18.6. The summed E-state index contributed by atoms with van der Waals surface area (Å²) < 4.78 is 20.1. The molecule has 0 spiro atoms. The zero-order chi connectivity index (χ0) is 21.7. The first-order valence-electron chi connectivity index (χ1n) is 10.1. The molecule has 30 heavy (non-hydrogen) atoms. The molecular formula is C24H27FN2O2S. The summed E-state index contributed by atoms with van der Waals surface area (Å²) in [6.07, 6.45) is 0. The first kappa shape index (κ1) is 22.0. The molecule has 158 valence electrons. The Morgan fingerprint density at radius 2 is 1.80 bits per heavy atom. The number of thiazole rings is 1. The zero-order valence-electron chi connectivity index (χ0n) is 17.8. The van der Waals surface area contributed by atoms with Crippen LogP contribution in [-0.4, -0.2) is 21.8 Å². The molecule has 1 amide bonds. The number of hydrogen-bond acceptors (Lipinski definition) is 4. The Balaban J connectivity index is 1.69. The second-order valence-electron chi connectivity index (χ2n) is 7.72.